The van der Waals surface area contributed by atoms with E-state index in [0.29, 0.717) is 51.6 Å². The van der Waals surface area contributed by atoms with E-state index in [1.54, 1.807) is 0 Å². The monoisotopic (exact) mass is 512 g/mol. The Balaban J connectivity index is 2.98. The molecule has 13 nitrogen and oxygen atoms in total. The van der Waals surface area contributed by atoms with Crippen molar-refractivity contribution < 1.29 is 24.3 Å². The van der Waals surface area contributed by atoms with Gasteiger partial charge in [-0.25, -0.2) is 4.79 Å². The number of carbonyl (C=O) groups excluding carboxylic acids is 3. The lowest BCUT2D eigenvalue weighted by molar-refractivity contribution is -0.149. The Kier molecular flexibility index (Phi) is 13.8. The number of likely N-dealkylation sites (tertiary alicyclic amines) is 1. The molecule has 11 N–H and O–H groups in total. The molecule has 1 heterocycles. The molecule has 1 fully saturated rings. The van der Waals surface area contributed by atoms with E-state index in [-0.39, 0.29) is 24.8 Å². The molecule has 13 heteroatoms. The summed E-state index contributed by atoms with van der Waals surface area (Å²) in [7, 11) is 0. The van der Waals surface area contributed by atoms with Crippen molar-refractivity contribution >= 4 is 29.7 Å². The van der Waals surface area contributed by atoms with Crippen LogP contribution in [0.25, 0.3) is 0 Å². The number of carboxylic acids is 1. The third-order valence-corrected chi connectivity index (χ3v) is 6.03. The molecule has 1 rings (SSSR count). The van der Waals surface area contributed by atoms with Crippen LogP contribution in [-0.2, 0) is 19.2 Å². The van der Waals surface area contributed by atoms with Crippen LogP contribution >= 0.6 is 0 Å². The summed E-state index contributed by atoms with van der Waals surface area (Å²) in [5, 5.41) is 14.9. The van der Waals surface area contributed by atoms with E-state index >= 15 is 0 Å². The van der Waals surface area contributed by atoms with E-state index < -0.39 is 47.9 Å². The lowest BCUT2D eigenvalue weighted by Crippen LogP contribution is -2.57. The summed E-state index contributed by atoms with van der Waals surface area (Å²) in [6.07, 6.45) is 3.72. The van der Waals surface area contributed by atoms with Crippen molar-refractivity contribution in [1.82, 2.24) is 15.5 Å². The van der Waals surface area contributed by atoms with E-state index in [1.807, 2.05) is 13.8 Å². The van der Waals surface area contributed by atoms with Gasteiger partial charge in [-0.2, -0.15) is 0 Å². The number of carbonyl (C=O) groups is 4. The summed E-state index contributed by atoms with van der Waals surface area (Å²) in [5.41, 5.74) is 22.2. The van der Waals surface area contributed by atoms with E-state index in [1.165, 1.54) is 4.90 Å². The van der Waals surface area contributed by atoms with Crippen LogP contribution in [0.1, 0.15) is 65.2 Å². The number of hydrogen-bond donors (Lipinski definition) is 7. The second-order valence-corrected chi connectivity index (χ2v) is 9.62. The second kappa shape index (κ2) is 15.9. The fraction of sp³-hybridized carbons (Fsp3) is 0.783. The van der Waals surface area contributed by atoms with Crippen LogP contribution < -0.4 is 33.6 Å². The maximum atomic E-state index is 13.3. The van der Waals surface area contributed by atoms with E-state index in [9.17, 15) is 24.3 Å². The Labute approximate surface area is 212 Å². The Hall–Kier alpha value is -2.93. The number of nitrogens with two attached hydrogens (primary N) is 4. The molecule has 0 aromatic carbocycles. The number of aliphatic imine (C=N–C) groups is 1. The Bertz CT molecular complexity index is 772. The predicted molar refractivity (Wildman–Crippen MR) is 136 cm³/mol. The first-order valence-electron chi connectivity index (χ1n) is 12.6. The van der Waals surface area contributed by atoms with Gasteiger partial charge in [0.15, 0.2) is 5.96 Å². The summed E-state index contributed by atoms with van der Waals surface area (Å²) in [6, 6.07) is -3.61. The van der Waals surface area contributed by atoms with Crippen molar-refractivity contribution in [2.24, 2.45) is 33.8 Å². The highest BCUT2D eigenvalue weighted by Gasteiger charge is 2.38. The largest absolute Gasteiger partial charge is 0.480 e. The molecule has 4 unspecified atom stereocenters. The van der Waals surface area contributed by atoms with Crippen molar-refractivity contribution in [2.45, 2.75) is 89.4 Å². The maximum absolute atomic E-state index is 13.3. The van der Waals surface area contributed by atoms with Gasteiger partial charge in [-0.05, 0) is 57.4 Å². The summed E-state index contributed by atoms with van der Waals surface area (Å²) >= 11 is 0. The van der Waals surface area contributed by atoms with Crippen molar-refractivity contribution in [3.63, 3.8) is 0 Å². The minimum absolute atomic E-state index is 0.0519. The SMILES string of the molecule is CC(C)CC(NC(=O)C(CCCN=C(N)N)NC(=O)C(N)CCCCN)C(=O)N1CCCC1C(=O)O. The van der Waals surface area contributed by atoms with Gasteiger partial charge in [-0.15, -0.1) is 0 Å². The molecule has 0 aromatic rings. The standard InChI is InChI=1S/C23H44N8O5/c1-14(2)13-17(21(34)31-12-6-9-18(31)22(35)36)30-20(33)16(8-5-11-28-23(26)27)29-19(32)15(25)7-3-4-10-24/h14-18H,3-13,24-25H2,1-2H3,(H,29,32)(H,30,33)(H,35,36)(H4,26,27,28). The summed E-state index contributed by atoms with van der Waals surface area (Å²) in [4.78, 5) is 56.0. The third kappa shape index (κ3) is 10.8. The molecule has 36 heavy (non-hydrogen) atoms. The molecular weight excluding hydrogens is 468 g/mol. The average Bonchev–Trinajstić information content (AvgIpc) is 3.29. The highest BCUT2D eigenvalue weighted by atomic mass is 16.4. The predicted octanol–water partition coefficient (Wildman–Crippen LogP) is -1.41. The molecule has 1 aliphatic heterocycles. The van der Waals surface area contributed by atoms with Gasteiger partial charge in [0.2, 0.25) is 17.7 Å². The van der Waals surface area contributed by atoms with Crippen LogP contribution in [0.4, 0.5) is 0 Å². The Morgan fingerprint density at radius 1 is 1.03 bits per heavy atom. The van der Waals surface area contributed by atoms with E-state index in [2.05, 4.69) is 15.6 Å². The highest BCUT2D eigenvalue weighted by molar-refractivity contribution is 5.94. The topological polar surface area (TPSA) is 232 Å². The number of amides is 3. The van der Waals surface area contributed by atoms with Gasteiger partial charge in [-0.1, -0.05) is 20.3 Å². The highest BCUT2D eigenvalue weighted by Crippen LogP contribution is 2.20. The second-order valence-electron chi connectivity index (χ2n) is 9.62. The van der Waals surface area contributed by atoms with E-state index in [0.717, 1.165) is 6.42 Å². The zero-order chi connectivity index (χ0) is 27.3. The Morgan fingerprint density at radius 2 is 1.69 bits per heavy atom. The van der Waals surface area contributed by atoms with E-state index in [4.69, 9.17) is 22.9 Å². The molecule has 1 saturated heterocycles. The fourth-order valence-electron chi connectivity index (χ4n) is 4.14. The zero-order valence-electron chi connectivity index (χ0n) is 21.4. The van der Waals surface area contributed by atoms with Gasteiger partial charge in [0, 0.05) is 13.1 Å². The molecule has 0 bridgehead atoms. The van der Waals surface area contributed by atoms with Crippen LogP contribution in [0.2, 0.25) is 0 Å². The van der Waals surface area contributed by atoms with Crippen LogP contribution in [0.15, 0.2) is 4.99 Å². The van der Waals surface area contributed by atoms with Gasteiger partial charge >= 0.3 is 5.97 Å². The van der Waals surface area contributed by atoms with Gasteiger partial charge in [0.25, 0.3) is 0 Å². The van der Waals surface area contributed by atoms with Gasteiger partial charge in [0.1, 0.15) is 18.1 Å². The number of hydrogen-bond acceptors (Lipinski definition) is 7. The maximum Gasteiger partial charge on any atom is 0.326 e. The number of carboxylic acid groups (broad SMARTS) is 1. The van der Waals surface area contributed by atoms with Crippen LogP contribution in [-0.4, -0.2) is 83.5 Å². The van der Waals surface area contributed by atoms with Gasteiger partial charge < -0.3 is 43.6 Å². The molecule has 0 saturated carbocycles. The molecular formula is C23H44N8O5. The smallest absolute Gasteiger partial charge is 0.326 e. The normalized spacial score (nSPS) is 17.8. The minimum Gasteiger partial charge on any atom is -0.480 e. The first-order valence-corrected chi connectivity index (χ1v) is 12.6. The number of rotatable bonds is 16. The molecule has 0 radical (unpaired) electrons. The van der Waals surface area contributed by atoms with Crippen molar-refractivity contribution in [3.8, 4) is 0 Å². The molecule has 0 spiro atoms. The first-order chi connectivity index (χ1) is 17.0. The molecule has 0 aromatic heterocycles. The van der Waals surface area contributed by atoms with Crippen LogP contribution in [0.5, 0.6) is 0 Å². The molecule has 3 amide bonds. The zero-order valence-corrected chi connectivity index (χ0v) is 21.4. The molecule has 0 aliphatic carbocycles. The number of unbranched alkanes of at least 4 members (excludes halogenated alkanes) is 1. The first kappa shape index (κ1) is 31.1. The number of aliphatic carboxylic acids is 1. The molecule has 4 atom stereocenters. The number of nitrogens with one attached hydrogen (secondary N) is 2. The summed E-state index contributed by atoms with van der Waals surface area (Å²) < 4.78 is 0. The summed E-state index contributed by atoms with van der Waals surface area (Å²) in [6.45, 7) is 4.87. The molecule has 1 aliphatic rings. The van der Waals surface area contributed by atoms with Crippen molar-refractivity contribution in [2.75, 3.05) is 19.6 Å². The van der Waals surface area contributed by atoms with Crippen molar-refractivity contribution in [3.05, 3.63) is 0 Å². The third-order valence-electron chi connectivity index (χ3n) is 6.03. The number of guanidine groups is 1. The average molecular weight is 513 g/mol. The fourth-order valence-corrected chi connectivity index (χ4v) is 4.14. The summed E-state index contributed by atoms with van der Waals surface area (Å²) in [5.74, 6) is -2.56. The van der Waals surface area contributed by atoms with Gasteiger partial charge in [-0.3, -0.25) is 19.4 Å². The quantitative estimate of drug-likeness (QED) is 0.0729. The van der Waals surface area contributed by atoms with Gasteiger partial charge in [0.05, 0.1) is 6.04 Å². The van der Waals surface area contributed by atoms with Crippen molar-refractivity contribution in [1.29, 1.82) is 0 Å². The lowest BCUT2D eigenvalue weighted by Gasteiger charge is -2.29. The Morgan fingerprint density at radius 3 is 2.28 bits per heavy atom. The van der Waals surface area contributed by atoms with Crippen LogP contribution in [0, 0.1) is 5.92 Å². The lowest BCUT2D eigenvalue weighted by atomic mass is 10.0. The number of nitrogens with zero attached hydrogens (tertiary/aromatic N) is 2. The van der Waals surface area contributed by atoms with Crippen LogP contribution in [0.3, 0.4) is 0 Å². The molecule has 206 valence electrons. The minimum atomic E-state index is -1.07.